The van der Waals surface area contributed by atoms with E-state index in [1.165, 1.54) is 9.51 Å². The summed E-state index contributed by atoms with van der Waals surface area (Å²) in [6.07, 6.45) is 3.09. The van der Waals surface area contributed by atoms with Crippen LogP contribution >= 0.6 is 11.3 Å². The van der Waals surface area contributed by atoms with Crippen molar-refractivity contribution < 1.29 is 0 Å². The molecule has 1 aliphatic rings. The van der Waals surface area contributed by atoms with E-state index in [0.717, 1.165) is 36.9 Å². The normalized spacial score (nSPS) is 22.1. The molecule has 4 rings (SSSR count). The van der Waals surface area contributed by atoms with Gasteiger partial charge in [0.15, 0.2) is 5.65 Å². The molecule has 2 atom stereocenters. The first kappa shape index (κ1) is 15.4. The van der Waals surface area contributed by atoms with Gasteiger partial charge in [-0.15, -0.1) is 26.2 Å². The number of nitrogens with zero attached hydrogens (tertiary/aromatic N) is 7. The van der Waals surface area contributed by atoms with Crippen LogP contribution in [0.25, 0.3) is 5.65 Å². The highest BCUT2D eigenvalue weighted by atomic mass is 32.1. The Kier molecular flexibility index (Phi) is 4.11. The summed E-state index contributed by atoms with van der Waals surface area (Å²) in [7, 11) is 0. The first-order chi connectivity index (χ1) is 11.7. The van der Waals surface area contributed by atoms with Gasteiger partial charge in [0.25, 0.3) is 0 Å². The number of tetrazole rings is 1. The number of anilines is 1. The molecule has 3 aromatic heterocycles. The molecule has 0 radical (unpaired) electrons. The Hall–Kier alpha value is -2.13. The maximum atomic E-state index is 4.40. The molecule has 0 aromatic carbocycles. The van der Waals surface area contributed by atoms with Crippen molar-refractivity contribution in [2.75, 3.05) is 18.4 Å². The summed E-state index contributed by atoms with van der Waals surface area (Å²) in [5.41, 5.74) is 0.656. The van der Waals surface area contributed by atoms with Crippen LogP contribution in [-0.4, -0.2) is 54.3 Å². The number of hydrogen-bond donors (Lipinski definition) is 1. The van der Waals surface area contributed by atoms with E-state index in [1.54, 1.807) is 11.3 Å². The molecule has 1 N–H and O–H groups in total. The quantitative estimate of drug-likeness (QED) is 0.769. The highest BCUT2D eigenvalue weighted by Gasteiger charge is 2.26. The number of nitrogens with one attached hydrogen (secondary N) is 1. The van der Waals surface area contributed by atoms with Crippen LogP contribution in [0.4, 0.5) is 5.82 Å². The van der Waals surface area contributed by atoms with Crippen LogP contribution in [0.15, 0.2) is 18.3 Å². The molecular formula is C15H20N8S. The molecule has 1 aliphatic heterocycles. The lowest BCUT2D eigenvalue weighted by Gasteiger charge is -2.37. The second-order valence-electron chi connectivity index (χ2n) is 6.34. The molecule has 0 saturated carbocycles. The van der Waals surface area contributed by atoms with Crippen LogP contribution in [0, 0.1) is 12.8 Å². The summed E-state index contributed by atoms with van der Waals surface area (Å²) in [5.74, 6) is 1.36. The molecule has 8 nitrogen and oxygen atoms in total. The third-order valence-electron chi connectivity index (χ3n) is 4.44. The Balaban J connectivity index is 1.37. The van der Waals surface area contributed by atoms with Gasteiger partial charge in [0.1, 0.15) is 5.82 Å². The fourth-order valence-corrected chi connectivity index (χ4v) is 4.04. The minimum absolute atomic E-state index is 0.408. The van der Waals surface area contributed by atoms with Crippen molar-refractivity contribution in [3.63, 3.8) is 0 Å². The van der Waals surface area contributed by atoms with Crippen LogP contribution in [0.2, 0.25) is 0 Å². The van der Waals surface area contributed by atoms with E-state index in [4.69, 9.17) is 0 Å². The van der Waals surface area contributed by atoms with Gasteiger partial charge in [-0.1, -0.05) is 6.92 Å². The lowest BCUT2D eigenvalue weighted by Crippen LogP contribution is -2.44. The lowest BCUT2D eigenvalue weighted by molar-refractivity contribution is 0.165. The second kappa shape index (κ2) is 6.40. The molecule has 3 aromatic rings. The van der Waals surface area contributed by atoms with Crippen molar-refractivity contribution in [1.82, 2.24) is 35.1 Å². The molecule has 0 bridgehead atoms. The van der Waals surface area contributed by atoms with E-state index in [-0.39, 0.29) is 0 Å². The summed E-state index contributed by atoms with van der Waals surface area (Å²) < 4.78 is 1.45. The molecule has 0 spiro atoms. The molecule has 9 heteroatoms. The number of piperidine rings is 1. The van der Waals surface area contributed by atoms with Crippen molar-refractivity contribution in [3.8, 4) is 0 Å². The van der Waals surface area contributed by atoms with Crippen LogP contribution in [-0.2, 0) is 6.54 Å². The Bertz CT molecular complexity index is 828. The molecule has 1 fully saturated rings. The highest BCUT2D eigenvalue weighted by molar-refractivity contribution is 7.11. The summed E-state index contributed by atoms with van der Waals surface area (Å²) in [6.45, 7) is 7.49. The third-order valence-corrected chi connectivity index (χ3v) is 5.34. The number of aromatic nitrogens is 6. The van der Waals surface area contributed by atoms with Gasteiger partial charge in [-0.3, -0.25) is 4.90 Å². The van der Waals surface area contributed by atoms with Crippen molar-refractivity contribution in [2.24, 2.45) is 5.92 Å². The van der Waals surface area contributed by atoms with Crippen LogP contribution in [0.1, 0.15) is 23.2 Å². The molecular weight excluding hydrogens is 324 g/mol. The monoisotopic (exact) mass is 344 g/mol. The first-order valence-electron chi connectivity index (χ1n) is 8.13. The number of aryl methyl sites for hydroxylation is 1. The zero-order chi connectivity index (χ0) is 16.5. The van der Waals surface area contributed by atoms with Crippen molar-refractivity contribution in [1.29, 1.82) is 0 Å². The van der Waals surface area contributed by atoms with E-state index in [1.807, 2.05) is 18.3 Å². The summed E-state index contributed by atoms with van der Waals surface area (Å²) >= 11 is 1.79. The Labute approximate surface area is 143 Å². The van der Waals surface area contributed by atoms with Gasteiger partial charge in [0.05, 0.1) is 5.01 Å². The molecule has 0 amide bonds. The van der Waals surface area contributed by atoms with Crippen molar-refractivity contribution in [3.05, 3.63) is 28.2 Å². The zero-order valence-corrected chi connectivity index (χ0v) is 14.6. The van der Waals surface area contributed by atoms with Gasteiger partial charge in [-0.25, -0.2) is 4.98 Å². The van der Waals surface area contributed by atoms with Crippen molar-refractivity contribution in [2.45, 2.75) is 32.9 Å². The number of fused-ring (bicyclic) bond motifs is 1. The van der Waals surface area contributed by atoms with E-state index in [9.17, 15) is 0 Å². The number of rotatable bonds is 4. The van der Waals surface area contributed by atoms with Gasteiger partial charge in [0, 0.05) is 36.8 Å². The number of hydrogen-bond acceptors (Lipinski definition) is 8. The first-order valence-corrected chi connectivity index (χ1v) is 8.94. The van der Waals surface area contributed by atoms with Gasteiger partial charge in [0.2, 0.25) is 0 Å². The highest BCUT2D eigenvalue weighted by Crippen LogP contribution is 2.23. The van der Waals surface area contributed by atoms with E-state index >= 15 is 0 Å². The van der Waals surface area contributed by atoms with Crippen LogP contribution in [0.5, 0.6) is 0 Å². The Morgan fingerprint density at radius 3 is 3.08 bits per heavy atom. The minimum atomic E-state index is 0.408. The Morgan fingerprint density at radius 2 is 2.29 bits per heavy atom. The topological polar surface area (TPSA) is 84.1 Å². The summed E-state index contributed by atoms with van der Waals surface area (Å²) in [4.78, 5) is 8.20. The maximum absolute atomic E-state index is 4.40. The van der Waals surface area contributed by atoms with Crippen LogP contribution in [0.3, 0.4) is 0 Å². The Morgan fingerprint density at radius 1 is 1.38 bits per heavy atom. The SMILES string of the molecule is Cc1ncc(CN2CC[C@@H](Nc3ccc4nnnn4n3)[C@@H](C)C2)s1. The molecule has 126 valence electrons. The molecule has 0 unspecified atom stereocenters. The average Bonchev–Trinajstić information content (AvgIpc) is 3.18. The van der Waals surface area contributed by atoms with E-state index in [2.05, 4.69) is 49.7 Å². The fraction of sp³-hybridized carbons (Fsp3) is 0.533. The summed E-state index contributed by atoms with van der Waals surface area (Å²) in [6, 6.07) is 4.22. The smallest absolute Gasteiger partial charge is 0.200 e. The van der Waals surface area contributed by atoms with E-state index < -0.39 is 0 Å². The number of likely N-dealkylation sites (tertiary alicyclic amines) is 1. The lowest BCUT2D eigenvalue weighted by atomic mass is 9.94. The standard InChI is InChI=1S/C15H20N8S/c1-10-8-22(9-12-7-16-11(2)24-12)6-5-13(10)17-14-3-4-15-18-20-21-23(15)19-14/h3-4,7,10,13H,5-6,8-9H2,1-2H3,(H,17,19)/t10-,13+/m0/s1. The predicted molar refractivity (Wildman–Crippen MR) is 91.9 cm³/mol. The molecule has 4 heterocycles. The molecule has 24 heavy (non-hydrogen) atoms. The fourth-order valence-electron chi connectivity index (χ4n) is 3.21. The molecule has 0 aliphatic carbocycles. The summed E-state index contributed by atoms with van der Waals surface area (Å²) in [5, 5.41) is 20.4. The molecule has 1 saturated heterocycles. The van der Waals surface area contributed by atoms with Crippen LogP contribution < -0.4 is 5.32 Å². The number of thiazole rings is 1. The van der Waals surface area contributed by atoms with Gasteiger partial charge in [-0.05, 0) is 41.8 Å². The largest absolute Gasteiger partial charge is 0.365 e. The van der Waals surface area contributed by atoms with Gasteiger partial charge >= 0.3 is 0 Å². The van der Waals surface area contributed by atoms with Gasteiger partial charge in [-0.2, -0.15) is 0 Å². The van der Waals surface area contributed by atoms with E-state index in [0.29, 0.717) is 17.6 Å². The zero-order valence-electron chi connectivity index (χ0n) is 13.8. The maximum Gasteiger partial charge on any atom is 0.200 e. The second-order valence-corrected chi connectivity index (χ2v) is 7.66. The third kappa shape index (κ3) is 3.22. The van der Waals surface area contributed by atoms with Crippen molar-refractivity contribution >= 4 is 22.8 Å². The van der Waals surface area contributed by atoms with Gasteiger partial charge < -0.3 is 5.32 Å². The average molecular weight is 344 g/mol. The predicted octanol–water partition coefficient (Wildman–Crippen LogP) is 1.61. The minimum Gasteiger partial charge on any atom is -0.365 e.